The van der Waals surface area contributed by atoms with Crippen molar-refractivity contribution in [3.8, 4) is 0 Å². The van der Waals surface area contributed by atoms with Crippen molar-refractivity contribution in [2.45, 2.75) is 19.9 Å². The molecule has 1 aromatic rings. The molecule has 0 bridgehead atoms. The van der Waals surface area contributed by atoms with E-state index in [9.17, 15) is 0 Å². The van der Waals surface area contributed by atoms with Gasteiger partial charge in [0.2, 0.25) is 0 Å². The van der Waals surface area contributed by atoms with Crippen LogP contribution in [0.5, 0.6) is 0 Å². The third-order valence-corrected chi connectivity index (χ3v) is 1.19. The summed E-state index contributed by atoms with van der Waals surface area (Å²) in [5, 5.41) is 7.18. The van der Waals surface area contributed by atoms with Gasteiger partial charge in [-0.05, 0) is 13.8 Å². The molecule has 0 saturated heterocycles. The first-order valence-electron chi connectivity index (χ1n) is 2.92. The van der Waals surface area contributed by atoms with E-state index in [0.29, 0.717) is 6.04 Å². The highest BCUT2D eigenvalue weighted by atomic mass is 16.3. The fourth-order valence-electron chi connectivity index (χ4n) is 0.696. The average molecular weight is 126 g/mol. The van der Waals surface area contributed by atoms with E-state index < -0.39 is 0 Å². The lowest BCUT2D eigenvalue weighted by Gasteiger charge is -2.01. The molecule has 1 aromatic heterocycles. The summed E-state index contributed by atoms with van der Waals surface area (Å²) in [6.45, 7) is 4.01. The van der Waals surface area contributed by atoms with Crippen LogP contribution in [-0.2, 0) is 0 Å². The standard InChI is InChI=1S/C6H10N2O/c1-5(2)8-3-4-9-6(8)7/h3-5,7H,1-2H3. The summed E-state index contributed by atoms with van der Waals surface area (Å²) in [5.74, 6) is 0. The van der Waals surface area contributed by atoms with Crippen LogP contribution < -0.4 is 5.68 Å². The quantitative estimate of drug-likeness (QED) is 0.602. The number of aromatic nitrogens is 1. The van der Waals surface area contributed by atoms with E-state index in [-0.39, 0.29) is 5.68 Å². The Morgan fingerprint density at radius 1 is 1.67 bits per heavy atom. The molecule has 0 fully saturated rings. The molecule has 0 aliphatic heterocycles. The Balaban J connectivity index is 3.08. The van der Waals surface area contributed by atoms with Crippen molar-refractivity contribution in [1.29, 1.82) is 5.41 Å². The summed E-state index contributed by atoms with van der Waals surface area (Å²) in [6, 6.07) is 0.316. The van der Waals surface area contributed by atoms with Gasteiger partial charge in [-0.1, -0.05) is 0 Å². The first-order valence-corrected chi connectivity index (χ1v) is 2.92. The maximum absolute atomic E-state index is 7.18. The van der Waals surface area contributed by atoms with Crippen LogP contribution in [0.15, 0.2) is 16.9 Å². The average Bonchev–Trinajstić information content (AvgIpc) is 2.13. The van der Waals surface area contributed by atoms with E-state index in [1.807, 2.05) is 13.8 Å². The molecule has 0 aliphatic rings. The molecule has 0 saturated carbocycles. The minimum Gasteiger partial charge on any atom is -0.432 e. The molecule has 0 aromatic carbocycles. The highest BCUT2D eigenvalue weighted by molar-refractivity contribution is 4.70. The molecule has 0 atom stereocenters. The number of nitrogens with zero attached hydrogens (tertiary/aromatic N) is 1. The Bertz CT molecular complexity index is 233. The molecule has 1 N–H and O–H groups in total. The maximum atomic E-state index is 7.18. The molecule has 3 nitrogen and oxygen atoms in total. The normalized spacial score (nSPS) is 10.6. The van der Waals surface area contributed by atoms with Crippen LogP contribution in [0.2, 0.25) is 0 Å². The molecule has 0 radical (unpaired) electrons. The third-order valence-electron chi connectivity index (χ3n) is 1.19. The number of hydrogen-bond acceptors (Lipinski definition) is 2. The van der Waals surface area contributed by atoms with E-state index >= 15 is 0 Å². The van der Waals surface area contributed by atoms with Gasteiger partial charge in [-0.3, -0.25) is 9.98 Å². The summed E-state index contributed by atoms with van der Waals surface area (Å²) in [4.78, 5) is 0. The van der Waals surface area contributed by atoms with Crippen molar-refractivity contribution >= 4 is 0 Å². The van der Waals surface area contributed by atoms with Crippen LogP contribution >= 0.6 is 0 Å². The number of nitrogens with one attached hydrogen (secondary N) is 1. The van der Waals surface area contributed by atoms with Gasteiger partial charge in [-0.25, -0.2) is 0 Å². The second kappa shape index (κ2) is 2.09. The van der Waals surface area contributed by atoms with Crippen LogP contribution in [0.1, 0.15) is 19.9 Å². The predicted octanol–water partition coefficient (Wildman–Crippen LogP) is 1.14. The fourth-order valence-corrected chi connectivity index (χ4v) is 0.696. The van der Waals surface area contributed by atoms with Gasteiger partial charge in [0.1, 0.15) is 6.26 Å². The Morgan fingerprint density at radius 2 is 2.33 bits per heavy atom. The molecule has 3 heteroatoms. The summed E-state index contributed by atoms with van der Waals surface area (Å²) in [5.41, 5.74) is 0.213. The van der Waals surface area contributed by atoms with Gasteiger partial charge in [0.15, 0.2) is 0 Å². The van der Waals surface area contributed by atoms with Crippen molar-refractivity contribution in [3.63, 3.8) is 0 Å². The lowest BCUT2D eigenvalue weighted by Crippen LogP contribution is -2.15. The number of oxazole rings is 1. The molecule has 0 unspecified atom stereocenters. The molecular formula is C6H10N2O. The van der Waals surface area contributed by atoms with Crippen molar-refractivity contribution in [2.24, 2.45) is 0 Å². The third kappa shape index (κ3) is 1.04. The molecule has 1 heterocycles. The Kier molecular flexibility index (Phi) is 1.42. The minimum absolute atomic E-state index is 0.213. The van der Waals surface area contributed by atoms with Crippen LogP contribution in [0.25, 0.3) is 0 Å². The SMILES string of the molecule is CC(C)n1ccoc1=N. The van der Waals surface area contributed by atoms with Gasteiger partial charge in [0.05, 0.1) is 0 Å². The lowest BCUT2D eigenvalue weighted by molar-refractivity contribution is 0.430. The molecule has 9 heavy (non-hydrogen) atoms. The second-order valence-electron chi connectivity index (χ2n) is 2.21. The van der Waals surface area contributed by atoms with Crippen molar-refractivity contribution < 1.29 is 4.42 Å². The first kappa shape index (κ1) is 6.13. The van der Waals surface area contributed by atoms with Crippen molar-refractivity contribution in [1.82, 2.24) is 4.57 Å². The van der Waals surface area contributed by atoms with E-state index in [0.717, 1.165) is 0 Å². The first-order chi connectivity index (χ1) is 4.22. The zero-order chi connectivity index (χ0) is 6.85. The molecule has 0 amide bonds. The topological polar surface area (TPSA) is 41.9 Å². The Morgan fingerprint density at radius 3 is 2.56 bits per heavy atom. The van der Waals surface area contributed by atoms with E-state index in [4.69, 9.17) is 9.83 Å². The van der Waals surface area contributed by atoms with Gasteiger partial charge in [-0.2, -0.15) is 0 Å². The fraction of sp³-hybridized carbons (Fsp3) is 0.500. The monoisotopic (exact) mass is 126 g/mol. The lowest BCUT2D eigenvalue weighted by atomic mass is 10.4. The van der Waals surface area contributed by atoms with Gasteiger partial charge in [0.25, 0.3) is 5.68 Å². The predicted molar refractivity (Wildman–Crippen MR) is 32.9 cm³/mol. The molecular weight excluding hydrogens is 116 g/mol. The summed E-state index contributed by atoms with van der Waals surface area (Å²) in [6.07, 6.45) is 3.27. The van der Waals surface area contributed by atoms with Crippen LogP contribution in [0.4, 0.5) is 0 Å². The molecule has 0 aliphatic carbocycles. The van der Waals surface area contributed by atoms with E-state index in [2.05, 4.69) is 0 Å². The number of hydrogen-bond donors (Lipinski definition) is 1. The van der Waals surface area contributed by atoms with Crippen molar-refractivity contribution in [2.75, 3.05) is 0 Å². The molecule has 50 valence electrons. The van der Waals surface area contributed by atoms with Crippen LogP contribution in [-0.4, -0.2) is 4.57 Å². The second-order valence-corrected chi connectivity index (χ2v) is 2.21. The minimum atomic E-state index is 0.213. The highest BCUT2D eigenvalue weighted by Gasteiger charge is 1.96. The number of rotatable bonds is 1. The Labute approximate surface area is 53.4 Å². The Hall–Kier alpha value is -0.990. The van der Waals surface area contributed by atoms with E-state index in [1.54, 1.807) is 10.8 Å². The largest absolute Gasteiger partial charge is 0.432 e. The molecule has 1 rings (SSSR count). The van der Waals surface area contributed by atoms with E-state index in [1.165, 1.54) is 6.26 Å². The zero-order valence-corrected chi connectivity index (χ0v) is 5.59. The van der Waals surface area contributed by atoms with Gasteiger partial charge >= 0.3 is 0 Å². The van der Waals surface area contributed by atoms with Crippen molar-refractivity contribution in [3.05, 3.63) is 18.1 Å². The highest BCUT2D eigenvalue weighted by Crippen LogP contribution is 1.97. The maximum Gasteiger partial charge on any atom is 0.293 e. The summed E-state index contributed by atoms with van der Waals surface area (Å²) < 4.78 is 6.51. The van der Waals surface area contributed by atoms with Crippen LogP contribution in [0.3, 0.4) is 0 Å². The van der Waals surface area contributed by atoms with Crippen LogP contribution in [0, 0.1) is 5.41 Å². The van der Waals surface area contributed by atoms with Gasteiger partial charge in [0, 0.05) is 12.2 Å². The van der Waals surface area contributed by atoms with Gasteiger partial charge < -0.3 is 4.42 Å². The summed E-state index contributed by atoms with van der Waals surface area (Å²) >= 11 is 0. The molecule has 0 spiro atoms. The summed E-state index contributed by atoms with van der Waals surface area (Å²) in [7, 11) is 0. The smallest absolute Gasteiger partial charge is 0.293 e. The zero-order valence-electron chi connectivity index (χ0n) is 5.59. The van der Waals surface area contributed by atoms with Gasteiger partial charge in [-0.15, -0.1) is 0 Å².